The molecule has 2 rings (SSSR count). The lowest BCUT2D eigenvalue weighted by atomic mass is 10.2. The van der Waals surface area contributed by atoms with Crippen molar-refractivity contribution in [2.24, 2.45) is 0 Å². The minimum Gasteiger partial charge on any atom is -0.315 e. The highest BCUT2D eigenvalue weighted by atomic mass is 32.2. The monoisotopic (exact) mass is 214 g/mol. The molecule has 14 heavy (non-hydrogen) atoms. The van der Waals surface area contributed by atoms with Gasteiger partial charge in [0.05, 0.1) is 0 Å². The lowest BCUT2D eigenvalue weighted by molar-refractivity contribution is 0.217. The van der Waals surface area contributed by atoms with Crippen LogP contribution in [0.25, 0.3) is 0 Å². The first kappa shape index (κ1) is 10.8. The zero-order chi connectivity index (χ0) is 9.80. The molecule has 0 bridgehead atoms. The van der Waals surface area contributed by atoms with Crippen molar-refractivity contribution in [1.82, 2.24) is 10.2 Å². The summed E-state index contributed by atoms with van der Waals surface area (Å²) >= 11 is 2.06. The summed E-state index contributed by atoms with van der Waals surface area (Å²) in [5.41, 5.74) is 0. The fourth-order valence-corrected chi connectivity index (χ4v) is 3.38. The molecule has 0 aliphatic carbocycles. The average Bonchev–Trinajstić information content (AvgIpc) is 2.63. The Bertz CT molecular complexity index is 169. The van der Waals surface area contributed by atoms with Gasteiger partial charge in [-0.25, -0.2) is 0 Å². The van der Waals surface area contributed by atoms with Gasteiger partial charge in [0.2, 0.25) is 0 Å². The topological polar surface area (TPSA) is 15.3 Å². The molecule has 2 atom stereocenters. The van der Waals surface area contributed by atoms with E-state index in [9.17, 15) is 0 Å². The van der Waals surface area contributed by atoms with Crippen molar-refractivity contribution in [3.8, 4) is 0 Å². The van der Waals surface area contributed by atoms with Gasteiger partial charge in [0.25, 0.3) is 0 Å². The lowest BCUT2D eigenvalue weighted by Crippen LogP contribution is -2.37. The van der Waals surface area contributed by atoms with Crippen molar-refractivity contribution in [3.63, 3.8) is 0 Å². The smallest absolute Gasteiger partial charge is 0.0232 e. The van der Waals surface area contributed by atoms with E-state index in [1.54, 1.807) is 0 Å². The van der Waals surface area contributed by atoms with Gasteiger partial charge in [0, 0.05) is 17.8 Å². The average molecular weight is 214 g/mol. The van der Waals surface area contributed by atoms with E-state index in [0.29, 0.717) is 0 Å². The summed E-state index contributed by atoms with van der Waals surface area (Å²) in [6.45, 7) is 5.12. The van der Waals surface area contributed by atoms with Crippen LogP contribution in [-0.2, 0) is 0 Å². The molecule has 0 spiro atoms. The molecule has 2 aliphatic heterocycles. The highest BCUT2D eigenvalue weighted by molar-refractivity contribution is 7.99. The Morgan fingerprint density at radius 1 is 1.21 bits per heavy atom. The number of hydrogen-bond donors (Lipinski definition) is 1. The highest BCUT2D eigenvalue weighted by Crippen LogP contribution is 2.23. The van der Waals surface area contributed by atoms with Gasteiger partial charge in [0.15, 0.2) is 0 Å². The second-order valence-corrected chi connectivity index (χ2v) is 5.61. The zero-order valence-corrected chi connectivity index (χ0v) is 9.98. The molecule has 2 unspecified atom stereocenters. The first-order chi connectivity index (χ1) is 6.90. The molecule has 0 aromatic carbocycles. The van der Waals surface area contributed by atoms with Crippen LogP contribution in [0.2, 0.25) is 0 Å². The number of likely N-dealkylation sites (tertiary alicyclic amines) is 1. The summed E-state index contributed by atoms with van der Waals surface area (Å²) in [7, 11) is 0. The van der Waals surface area contributed by atoms with E-state index in [1.165, 1.54) is 51.9 Å². The van der Waals surface area contributed by atoms with Gasteiger partial charge in [0.1, 0.15) is 0 Å². The van der Waals surface area contributed by atoms with Gasteiger partial charge in [-0.05, 0) is 51.6 Å². The van der Waals surface area contributed by atoms with Crippen LogP contribution in [-0.4, -0.2) is 48.6 Å². The maximum atomic E-state index is 3.47. The molecule has 0 saturated carbocycles. The lowest BCUT2D eigenvalue weighted by Gasteiger charge is -2.26. The van der Waals surface area contributed by atoms with Crippen LogP contribution in [0.15, 0.2) is 0 Å². The van der Waals surface area contributed by atoms with E-state index in [-0.39, 0.29) is 0 Å². The van der Waals surface area contributed by atoms with Crippen LogP contribution < -0.4 is 5.32 Å². The molecule has 2 aliphatic rings. The second kappa shape index (κ2) is 5.38. The van der Waals surface area contributed by atoms with Gasteiger partial charge < -0.3 is 5.32 Å². The summed E-state index contributed by atoms with van der Waals surface area (Å²) in [5, 5.41) is 4.39. The summed E-state index contributed by atoms with van der Waals surface area (Å²) < 4.78 is 0. The maximum absolute atomic E-state index is 3.47. The fraction of sp³-hybridized carbons (Fsp3) is 1.00. The van der Waals surface area contributed by atoms with E-state index in [1.807, 2.05) is 0 Å². The van der Waals surface area contributed by atoms with Crippen LogP contribution in [0.3, 0.4) is 0 Å². The van der Waals surface area contributed by atoms with E-state index in [0.717, 1.165) is 11.3 Å². The first-order valence-electron chi connectivity index (χ1n) is 5.87. The number of nitrogens with one attached hydrogen (secondary N) is 1. The third kappa shape index (κ3) is 2.65. The van der Waals surface area contributed by atoms with Crippen molar-refractivity contribution in [2.75, 3.05) is 32.4 Å². The van der Waals surface area contributed by atoms with Crippen LogP contribution in [0.4, 0.5) is 0 Å². The van der Waals surface area contributed by atoms with Gasteiger partial charge in [-0.1, -0.05) is 0 Å². The van der Waals surface area contributed by atoms with Crippen molar-refractivity contribution in [2.45, 2.75) is 37.0 Å². The Kier molecular flexibility index (Phi) is 4.14. The van der Waals surface area contributed by atoms with Crippen molar-refractivity contribution in [1.29, 1.82) is 0 Å². The van der Waals surface area contributed by atoms with Gasteiger partial charge in [-0.2, -0.15) is 11.8 Å². The molecule has 1 N–H and O–H groups in total. The Labute approximate surface area is 91.8 Å². The SMILES string of the molecule is CSC1CCCN(C2CCNC2)CC1. The van der Waals surface area contributed by atoms with Crippen molar-refractivity contribution >= 4 is 11.8 Å². The summed E-state index contributed by atoms with van der Waals surface area (Å²) in [6, 6.07) is 0.843. The molecule has 2 nitrogen and oxygen atoms in total. The van der Waals surface area contributed by atoms with Crippen LogP contribution in [0.5, 0.6) is 0 Å². The summed E-state index contributed by atoms with van der Waals surface area (Å²) in [4.78, 5) is 2.72. The fourth-order valence-electron chi connectivity index (χ4n) is 2.64. The van der Waals surface area contributed by atoms with Gasteiger partial charge in [-0.3, -0.25) is 4.90 Å². The summed E-state index contributed by atoms with van der Waals surface area (Å²) in [5.74, 6) is 0. The molecule has 2 saturated heterocycles. The van der Waals surface area contributed by atoms with Crippen molar-refractivity contribution < 1.29 is 0 Å². The highest BCUT2D eigenvalue weighted by Gasteiger charge is 2.24. The minimum absolute atomic E-state index is 0.843. The zero-order valence-electron chi connectivity index (χ0n) is 9.17. The van der Waals surface area contributed by atoms with Crippen LogP contribution in [0, 0.1) is 0 Å². The normalized spacial score (nSPS) is 35.8. The number of thioether (sulfide) groups is 1. The predicted molar refractivity (Wildman–Crippen MR) is 64.0 cm³/mol. The van der Waals surface area contributed by atoms with E-state index in [4.69, 9.17) is 0 Å². The Morgan fingerprint density at radius 3 is 2.86 bits per heavy atom. The summed E-state index contributed by atoms with van der Waals surface area (Å²) in [6.07, 6.45) is 7.86. The molecule has 3 heteroatoms. The number of nitrogens with zero attached hydrogens (tertiary/aromatic N) is 1. The first-order valence-corrected chi connectivity index (χ1v) is 7.16. The molecule has 2 heterocycles. The molecular formula is C11H22N2S. The van der Waals surface area contributed by atoms with E-state index in [2.05, 4.69) is 28.2 Å². The quantitative estimate of drug-likeness (QED) is 0.751. The molecule has 0 radical (unpaired) electrons. The van der Waals surface area contributed by atoms with Gasteiger partial charge >= 0.3 is 0 Å². The maximum Gasteiger partial charge on any atom is 0.0232 e. The molecule has 0 aromatic rings. The largest absolute Gasteiger partial charge is 0.315 e. The standard InChI is InChI=1S/C11H22N2S/c1-14-11-3-2-7-13(8-5-11)10-4-6-12-9-10/h10-12H,2-9H2,1H3. The Morgan fingerprint density at radius 2 is 2.14 bits per heavy atom. The minimum atomic E-state index is 0.843. The molecule has 0 amide bonds. The third-order valence-corrected chi connectivity index (χ3v) is 4.73. The molecular weight excluding hydrogens is 192 g/mol. The van der Waals surface area contributed by atoms with Crippen molar-refractivity contribution in [3.05, 3.63) is 0 Å². The molecule has 2 fully saturated rings. The second-order valence-electron chi connectivity index (χ2n) is 4.47. The van der Waals surface area contributed by atoms with Gasteiger partial charge in [-0.15, -0.1) is 0 Å². The number of rotatable bonds is 2. The number of hydrogen-bond acceptors (Lipinski definition) is 3. The van der Waals surface area contributed by atoms with E-state index < -0.39 is 0 Å². The Hall–Kier alpha value is 0.270. The van der Waals surface area contributed by atoms with Crippen LogP contribution >= 0.6 is 11.8 Å². The van der Waals surface area contributed by atoms with Crippen LogP contribution in [0.1, 0.15) is 25.7 Å². The third-order valence-electron chi connectivity index (χ3n) is 3.59. The molecule has 82 valence electrons. The van der Waals surface area contributed by atoms with E-state index >= 15 is 0 Å². The predicted octanol–water partition coefficient (Wildman–Crippen LogP) is 1.57. The molecule has 0 aromatic heterocycles. The Balaban J connectivity index is 1.82.